The van der Waals surface area contributed by atoms with E-state index in [2.05, 4.69) is 16.9 Å². The number of hydrogen-bond acceptors (Lipinski definition) is 4. The summed E-state index contributed by atoms with van der Waals surface area (Å²) in [6.07, 6.45) is 4.10. The van der Waals surface area contributed by atoms with Crippen LogP contribution >= 0.6 is 0 Å². The van der Waals surface area contributed by atoms with Gasteiger partial charge in [-0.1, -0.05) is 6.08 Å². The minimum Gasteiger partial charge on any atom is -0.379 e. The average molecular weight is 207 g/mol. The second-order valence-electron chi connectivity index (χ2n) is 3.23. The highest BCUT2D eigenvalue weighted by atomic mass is 16.6. The van der Waals surface area contributed by atoms with Crippen LogP contribution in [0.15, 0.2) is 31.0 Å². The fourth-order valence-electron chi connectivity index (χ4n) is 1.17. The molecule has 0 aliphatic rings. The maximum Gasteiger partial charge on any atom is 0.363 e. The summed E-state index contributed by atoms with van der Waals surface area (Å²) < 4.78 is 0. The van der Waals surface area contributed by atoms with Gasteiger partial charge in [0.1, 0.15) is 0 Å². The smallest absolute Gasteiger partial charge is 0.363 e. The molecular formula is C10H13N3O2. The van der Waals surface area contributed by atoms with E-state index in [1.165, 1.54) is 12.3 Å². The van der Waals surface area contributed by atoms with Crippen molar-refractivity contribution in [2.75, 3.05) is 5.32 Å². The molecule has 0 spiro atoms. The zero-order valence-electron chi connectivity index (χ0n) is 8.51. The van der Waals surface area contributed by atoms with Gasteiger partial charge in [0.25, 0.3) is 0 Å². The Morgan fingerprint density at radius 2 is 2.47 bits per heavy atom. The number of aromatic nitrogens is 1. The number of nitrogens with zero attached hydrogens (tertiary/aromatic N) is 2. The molecule has 80 valence electrons. The topological polar surface area (TPSA) is 68.1 Å². The molecule has 0 aliphatic heterocycles. The van der Waals surface area contributed by atoms with Crippen molar-refractivity contribution < 1.29 is 4.92 Å². The summed E-state index contributed by atoms with van der Waals surface area (Å²) in [5, 5.41) is 13.5. The molecule has 1 N–H and O–H groups in total. The van der Waals surface area contributed by atoms with Crippen molar-refractivity contribution in [3.63, 3.8) is 0 Å². The van der Waals surface area contributed by atoms with Gasteiger partial charge >= 0.3 is 5.82 Å². The fraction of sp³-hybridized carbons (Fsp3) is 0.300. The molecule has 0 saturated heterocycles. The molecular weight excluding hydrogens is 194 g/mol. The molecule has 0 aromatic carbocycles. The van der Waals surface area contributed by atoms with E-state index >= 15 is 0 Å². The molecule has 1 aromatic heterocycles. The van der Waals surface area contributed by atoms with E-state index in [0.717, 1.165) is 12.1 Å². The van der Waals surface area contributed by atoms with Crippen LogP contribution in [0.1, 0.15) is 13.3 Å². The molecule has 15 heavy (non-hydrogen) atoms. The van der Waals surface area contributed by atoms with Crippen LogP contribution in [-0.4, -0.2) is 15.9 Å². The summed E-state index contributed by atoms with van der Waals surface area (Å²) in [4.78, 5) is 13.5. The highest BCUT2D eigenvalue weighted by Gasteiger charge is 2.07. The van der Waals surface area contributed by atoms with Crippen molar-refractivity contribution in [2.24, 2.45) is 0 Å². The molecule has 5 heteroatoms. The van der Waals surface area contributed by atoms with Crippen molar-refractivity contribution in [3.8, 4) is 0 Å². The summed E-state index contributed by atoms with van der Waals surface area (Å²) in [5.74, 6) is -0.142. The Bertz CT molecular complexity index is 348. The molecule has 1 heterocycles. The van der Waals surface area contributed by atoms with Gasteiger partial charge in [0.2, 0.25) is 0 Å². The molecule has 1 rings (SSSR count). The Balaban J connectivity index is 2.64. The first-order chi connectivity index (χ1) is 7.13. The van der Waals surface area contributed by atoms with Crippen molar-refractivity contribution in [3.05, 3.63) is 41.1 Å². The first kappa shape index (κ1) is 11.2. The lowest BCUT2D eigenvalue weighted by atomic mass is 10.2. The minimum absolute atomic E-state index is 0.142. The predicted octanol–water partition coefficient (Wildman–Crippen LogP) is 2.37. The zero-order chi connectivity index (χ0) is 11.3. The third-order valence-corrected chi connectivity index (χ3v) is 1.87. The van der Waals surface area contributed by atoms with Crippen LogP contribution in [0.5, 0.6) is 0 Å². The van der Waals surface area contributed by atoms with E-state index in [9.17, 15) is 10.1 Å². The van der Waals surface area contributed by atoms with Crippen LogP contribution < -0.4 is 5.32 Å². The molecule has 0 amide bonds. The van der Waals surface area contributed by atoms with E-state index in [1.54, 1.807) is 6.07 Å². The van der Waals surface area contributed by atoms with Crippen molar-refractivity contribution in [1.29, 1.82) is 0 Å². The van der Waals surface area contributed by atoms with Gasteiger partial charge < -0.3 is 15.4 Å². The van der Waals surface area contributed by atoms with Crippen LogP contribution in [0, 0.1) is 10.1 Å². The van der Waals surface area contributed by atoms with Crippen LogP contribution in [-0.2, 0) is 0 Å². The number of pyridine rings is 1. The van der Waals surface area contributed by atoms with E-state index < -0.39 is 4.92 Å². The van der Waals surface area contributed by atoms with E-state index in [-0.39, 0.29) is 11.9 Å². The van der Waals surface area contributed by atoms with E-state index in [4.69, 9.17) is 0 Å². The lowest BCUT2D eigenvalue weighted by Crippen LogP contribution is -2.13. The average Bonchev–Trinajstić information content (AvgIpc) is 2.18. The number of nitrogens with one attached hydrogen (secondary N) is 1. The second kappa shape index (κ2) is 5.09. The number of nitro groups is 1. The number of hydrogen-bond donors (Lipinski definition) is 1. The Hall–Kier alpha value is -1.91. The molecule has 1 aromatic rings. The van der Waals surface area contributed by atoms with Gasteiger partial charge in [0, 0.05) is 12.1 Å². The molecule has 0 fully saturated rings. The fourth-order valence-corrected chi connectivity index (χ4v) is 1.17. The molecule has 0 aliphatic carbocycles. The molecule has 0 saturated carbocycles. The third kappa shape index (κ3) is 3.38. The van der Waals surface area contributed by atoms with Gasteiger partial charge in [-0.15, -0.1) is 6.58 Å². The Morgan fingerprint density at radius 1 is 1.73 bits per heavy atom. The van der Waals surface area contributed by atoms with Gasteiger partial charge in [-0.25, -0.2) is 0 Å². The predicted molar refractivity (Wildman–Crippen MR) is 58.8 cm³/mol. The minimum atomic E-state index is -0.517. The highest BCUT2D eigenvalue weighted by molar-refractivity contribution is 5.44. The second-order valence-corrected chi connectivity index (χ2v) is 3.23. The van der Waals surface area contributed by atoms with E-state index in [1.807, 2.05) is 13.0 Å². The first-order valence-corrected chi connectivity index (χ1v) is 4.61. The van der Waals surface area contributed by atoms with Crippen molar-refractivity contribution in [1.82, 2.24) is 4.98 Å². The quantitative estimate of drug-likeness (QED) is 0.457. The molecule has 5 nitrogen and oxygen atoms in total. The summed E-state index contributed by atoms with van der Waals surface area (Å²) >= 11 is 0. The van der Waals surface area contributed by atoms with Gasteiger partial charge in [-0.3, -0.25) is 0 Å². The summed E-state index contributed by atoms with van der Waals surface area (Å²) in [5.41, 5.74) is 0.773. The van der Waals surface area contributed by atoms with Crippen LogP contribution in [0.3, 0.4) is 0 Å². The number of rotatable bonds is 5. The SMILES string of the molecule is C=CCC(C)Nc1ccc([N+](=O)[O-])nc1. The Morgan fingerprint density at radius 3 is 2.93 bits per heavy atom. The van der Waals surface area contributed by atoms with Gasteiger partial charge in [-0.05, 0) is 29.3 Å². The third-order valence-electron chi connectivity index (χ3n) is 1.87. The van der Waals surface area contributed by atoms with Crippen molar-refractivity contribution >= 4 is 11.5 Å². The Kier molecular flexibility index (Phi) is 3.79. The summed E-state index contributed by atoms with van der Waals surface area (Å²) in [6.45, 7) is 5.64. The summed E-state index contributed by atoms with van der Waals surface area (Å²) in [6, 6.07) is 3.26. The monoisotopic (exact) mass is 207 g/mol. The Labute approximate surface area is 88.0 Å². The van der Waals surface area contributed by atoms with E-state index in [0.29, 0.717) is 0 Å². The maximum absolute atomic E-state index is 10.3. The molecule has 0 bridgehead atoms. The molecule has 0 radical (unpaired) electrons. The number of anilines is 1. The first-order valence-electron chi connectivity index (χ1n) is 4.61. The lowest BCUT2D eigenvalue weighted by Gasteiger charge is -2.11. The van der Waals surface area contributed by atoms with Crippen LogP contribution in [0.2, 0.25) is 0 Å². The highest BCUT2D eigenvalue weighted by Crippen LogP contribution is 2.12. The largest absolute Gasteiger partial charge is 0.379 e. The van der Waals surface area contributed by atoms with Crippen LogP contribution in [0.25, 0.3) is 0 Å². The lowest BCUT2D eigenvalue weighted by molar-refractivity contribution is -0.389. The molecule has 1 atom stereocenters. The zero-order valence-corrected chi connectivity index (χ0v) is 8.51. The summed E-state index contributed by atoms with van der Waals surface area (Å²) in [7, 11) is 0. The van der Waals surface area contributed by atoms with Crippen molar-refractivity contribution in [2.45, 2.75) is 19.4 Å². The van der Waals surface area contributed by atoms with Gasteiger partial charge in [-0.2, -0.15) is 0 Å². The van der Waals surface area contributed by atoms with Gasteiger partial charge in [0.05, 0.1) is 5.69 Å². The molecule has 1 unspecified atom stereocenters. The van der Waals surface area contributed by atoms with Gasteiger partial charge in [0.15, 0.2) is 6.20 Å². The van der Waals surface area contributed by atoms with Crippen LogP contribution in [0.4, 0.5) is 11.5 Å². The standard InChI is InChI=1S/C10H13N3O2/c1-3-4-8(2)12-9-5-6-10(11-7-9)13(14)15/h3,5-8,12H,1,4H2,2H3. The maximum atomic E-state index is 10.3. The normalized spacial score (nSPS) is 11.8.